The van der Waals surface area contributed by atoms with Gasteiger partial charge in [0.1, 0.15) is 0 Å². The summed E-state index contributed by atoms with van der Waals surface area (Å²) in [5, 5.41) is 8.51. The van der Waals surface area contributed by atoms with Gasteiger partial charge in [-0.25, -0.2) is 4.57 Å². The van der Waals surface area contributed by atoms with Crippen LogP contribution in [-0.4, -0.2) is 0 Å². The molecule has 2 heteroatoms. The average molecular weight is 147 g/mol. The fourth-order valence-electron chi connectivity index (χ4n) is 0.857. The highest BCUT2D eigenvalue weighted by molar-refractivity contribution is 5.23. The van der Waals surface area contributed by atoms with Crippen molar-refractivity contribution >= 4 is 0 Å². The Morgan fingerprint density at radius 3 is 2.27 bits per heavy atom. The molecular formula is C9H11N2+. The Hall–Kier alpha value is -1.36. The standard InChI is InChI=1S/C9H11N2/c1-8(2)11-5-3-9(7-10)4-6-11/h3-6,8H,1-2H3/q+1. The molecule has 0 saturated heterocycles. The number of aromatic nitrogens is 1. The molecular weight excluding hydrogens is 136 g/mol. The Bertz CT molecular complexity index is 267. The Kier molecular flexibility index (Phi) is 2.22. The van der Waals surface area contributed by atoms with E-state index in [1.54, 1.807) is 0 Å². The maximum Gasteiger partial charge on any atom is 0.170 e. The minimum Gasteiger partial charge on any atom is -0.203 e. The van der Waals surface area contributed by atoms with Gasteiger partial charge in [-0.1, -0.05) is 0 Å². The maximum absolute atomic E-state index is 8.51. The normalized spacial score (nSPS) is 9.64. The van der Waals surface area contributed by atoms with E-state index in [2.05, 4.69) is 24.5 Å². The van der Waals surface area contributed by atoms with Crippen molar-refractivity contribution < 1.29 is 4.57 Å². The molecule has 2 nitrogen and oxygen atoms in total. The highest BCUT2D eigenvalue weighted by Gasteiger charge is 2.03. The fourth-order valence-corrected chi connectivity index (χ4v) is 0.857. The van der Waals surface area contributed by atoms with Crippen LogP contribution < -0.4 is 4.57 Å². The van der Waals surface area contributed by atoms with E-state index in [9.17, 15) is 0 Å². The van der Waals surface area contributed by atoms with Crippen LogP contribution in [-0.2, 0) is 0 Å². The van der Waals surface area contributed by atoms with E-state index in [0.717, 1.165) is 0 Å². The van der Waals surface area contributed by atoms with Crippen molar-refractivity contribution in [3.63, 3.8) is 0 Å². The Balaban J connectivity index is 2.94. The molecule has 0 aliphatic carbocycles. The first-order chi connectivity index (χ1) is 5.24. The van der Waals surface area contributed by atoms with Gasteiger partial charge in [0.15, 0.2) is 18.4 Å². The number of rotatable bonds is 1. The molecule has 0 radical (unpaired) electrons. The van der Waals surface area contributed by atoms with E-state index in [0.29, 0.717) is 11.6 Å². The number of pyridine rings is 1. The lowest BCUT2D eigenvalue weighted by atomic mass is 10.3. The van der Waals surface area contributed by atoms with E-state index < -0.39 is 0 Å². The molecule has 11 heavy (non-hydrogen) atoms. The molecule has 0 atom stereocenters. The Morgan fingerprint density at radius 2 is 1.91 bits per heavy atom. The van der Waals surface area contributed by atoms with Gasteiger partial charge in [-0.05, 0) is 13.8 Å². The molecule has 1 aromatic rings. The zero-order valence-electron chi connectivity index (χ0n) is 6.78. The second-order valence-corrected chi connectivity index (χ2v) is 2.74. The molecule has 56 valence electrons. The fraction of sp³-hybridized carbons (Fsp3) is 0.333. The van der Waals surface area contributed by atoms with Gasteiger partial charge >= 0.3 is 0 Å². The maximum atomic E-state index is 8.51. The lowest BCUT2D eigenvalue weighted by Crippen LogP contribution is -2.34. The third kappa shape index (κ3) is 1.78. The molecule has 1 rings (SSSR count). The summed E-state index contributed by atoms with van der Waals surface area (Å²) in [4.78, 5) is 0. The van der Waals surface area contributed by atoms with Crippen molar-refractivity contribution in [3.05, 3.63) is 30.1 Å². The van der Waals surface area contributed by atoms with Crippen LogP contribution in [0.3, 0.4) is 0 Å². The highest BCUT2D eigenvalue weighted by atomic mass is 15.0. The third-order valence-corrected chi connectivity index (χ3v) is 1.58. The quantitative estimate of drug-likeness (QED) is 0.552. The van der Waals surface area contributed by atoms with E-state index in [1.165, 1.54) is 0 Å². The van der Waals surface area contributed by atoms with Gasteiger partial charge in [0, 0.05) is 12.1 Å². The number of nitriles is 1. The summed E-state index contributed by atoms with van der Waals surface area (Å²) < 4.78 is 2.06. The molecule has 1 heterocycles. The Morgan fingerprint density at radius 1 is 1.36 bits per heavy atom. The monoisotopic (exact) mass is 147 g/mol. The lowest BCUT2D eigenvalue weighted by molar-refractivity contribution is -0.716. The molecule has 0 N–H and O–H groups in total. The van der Waals surface area contributed by atoms with E-state index in [4.69, 9.17) is 5.26 Å². The van der Waals surface area contributed by atoms with Crippen LogP contribution in [0, 0.1) is 11.3 Å². The van der Waals surface area contributed by atoms with Crippen LogP contribution in [0.15, 0.2) is 24.5 Å². The van der Waals surface area contributed by atoms with Gasteiger partial charge in [-0.15, -0.1) is 0 Å². The predicted molar refractivity (Wildman–Crippen MR) is 41.7 cm³/mol. The number of hydrogen-bond donors (Lipinski definition) is 0. The van der Waals surface area contributed by atoms with Crippen LogP contribution >= 0.6 is 0 Å². The van der Waals surface area contributed by atoms with Crippen LogP contribution in [0.4, 0.5) is 0 Å². The summed E-state index contributed by atoms with van der Waals surface area (Å²) in [6, 6.07) is 6.18. The highest BCUT2D eigenvalue weighted by Crippen LogP contribution is 1.94. The predicted octanol–water partition coefficient (Wildman–Crippen LogP) is 1.43. The molecule has 0 aromatic carbocycles. The zero-order valence-corrected chi connectivity index (χ0v) is 6.78. The average Bonchev–Trinajstić information content (AvgIpc) is 2.05. The van der Waals surface area contributed by atoms with E-state index >= 15 is 0 Å². The molecule has 0 aliphatic rings. The summed E-state index contributed by atoms with van der Waals surface area (Å²) in [6.45, 7) is 4.21. The number of nitrogens with zero attached hydrogens (tertiary/aromatic N) is 2. The second-order valence-electron chi connectivity index (χ2n) is 2.74. The van der Waals surface area contributed by atoms with Crippen molar-refractivity contribution in [2.24, 2.45) is 0 Å². The van der Waals surface area contributed by atoms with Crippen LogP contribution in [0.2, 0.25) is 0 Å². The van der Waals surface area contributed by atoms with Crippen LogP contribution in [0.5, 0.6) is 0 Å². The summed E-state index contributed by atoms with van der Waals surface area (Å²) >= 11 is 0. The van der Waals surface area contributed by atoms with Gasteiger partial charge < -0.3 is 0 Å². The van der Waals surface area contributed by atoms with Gasteiger partial charge in [-0.3, -0.25) is 0 Å². The Labute approximate surface area is 66.7 Å². The summed E-state index contributed by atoms with van der Waals surface area (Å²) in [5.41, 5.74) is 0.710. The van der Waals surface area contributed by atoms with Crippen LogP contribution in [0.1, 0.15) is 25.5 Å². The van der Waals surface area contributed by atoms with Crippen molar-refractivity contribution in [1.82, 2.24) is 0 Å². The van der Waals surface area contributed by atoms with Crippen molar-refractivity contribution in [2.45, 2.75) is 19.9 Å². The SMILES string of the molecule is CC(C)[n+]1ccc(C#N)cc1. The molecule has 0 aliphatic heterocycles. The molecule has 0 unspecified atom stereocenters. The largest absolute Gasteiger partial charge is 0.203 e. The summed E-state index contributed by atoms with van der Waals surface area (Å²) in [5.74, 6) is 0. The molecule has 0 spiro atoms. The zero-order chi connectivity index (χ0) is 8.27. The number of hydrogen-bond acceptors (Lipinski definition) is 1. The van der Waals surface area contributed by atoms with E-state index in [-0.39, 0.29) is 0 Å². The van der Waals surface area contributed by atoms with Gasteiger partial charge in [-0.2, -0.15) is 5.26 Å². The molecule has 1 aromatic heterocycles. The molecule has 0 bridgehead atoms. The van der Waals surface area contributed by atoms with Gasteiger partial charge in [0.05, 0.1) is 11.6 Å². The first-order valence-corrected chi connectivity index (χ1v) is 3.65. The lowest BCUT2D eigenvalue weighted by Gasteiger charge is -1.97. The smallest absolute Gasteiger partial charge is 0.170 e. The topological polar surface area (TPSA) is 27.7 Å². The van der Waals surface area contributed by atoms with Crippen LogP contribution in [0.25, 0.3) is 0 Å². The van der Waals surface area contributed by atoms with E-state index in [1.807, 2.05) is 24.5 Å². The summed E-state index contributed by atoms with van der Waals surface area (Å²) in [6.07, 6.45) is 3.84. The minimum atomic E-state index is 0.461. The third-order valence-electron chi connectivity index (χ3n) is 1.58. The molecule has 0 fully saturated rings. The summed E-state index contributed by atoms with van der Waals surface area (Å²) in [7, 11) is 0. The minimum absolute atomic E-state index is 0.461. The van der Waals surface area contributed by atoms with Crippen molar-refractivity contribution in [1.29, 1.82) is 5.26 Å². The van der Waals surface area contributed by atoms with Gasteiger partial charge in [0.25, 0.3) is 0 Å². The van der Waals surface area contributed by atoms with Crippen molar-refractivity contribution in [2.75, 3.05) is 0 Å². The molecule has 0 amide bonds. The van der Waals surface area contributed by atoms with Crippen molar-refractivity contribution in [3.8, 4) is 6.07 Å². The first kappa shape index (κ1) is 7.74. The first-order valence-electron chi connectivity index (χ1n) is 3.65. The second kappa shape index (κ2) is 3.16. The van der Waals surface area contributed by atoms with Gasteiger partial charge in [0.2, 0.25) is 0 Å². The molecule has 0 saturated carbocycles.